The summed E-state index contributed by atoms with van der Waals surface area (Å²) < 4.78 is 65.7. The van der Waals surface area contributed by atoms with Gasteiger partial charge in [-0.1, -0.05) is 11.6 Å². The van der Waals surface area contributed by atoms with Crippen molar-refractivity contribution >= 4 is 33.0 Å². The van der Waals surface area contributed by atoms with E-state index in [1.807, 2.05) is 12.3 Å². The van der Waals surface area contributed by atoms with Crippen LogP contribution >= 0.6 is 22.9 Å². The molecule has 1 saturated heterocycles. The van der Waals surface area contributed by atoms with Crippen molar-refractivity contribution < 1.29 is 21.6 Å². The fourth-order valence-electron chi connectivity index (χ4n) is 2.87. The minimum Gasteiger partial charge on any atom is -0.295 e. The van der Waals surface area contributed by atoms with E-state index in [4.69, 9.17) is 11.6 Å². The summed E-state index contributed by atoms with van der Waals surface area (Å²) in [5.41, 5.74) is -0.218. The maximum absolute atomic E-state index is 13.0. The summed E-state index contributed by atoms with van der Waals surface area (Å²) in [6.45, 7) is 3.91. The zero-order valence-corrected chi connectivity index (χ0v) is 16.7. The lowest BCUT2D eigenvalue weighted by molar-refractivity contribution is -0.137. The molecule has 3 rings (SSSR count). The Morgan fingerprint density at radius 2 is 1.89 bits per heavy atom. The third kappa shape index (κ3) is 4.62. The fourth-order valence-corrected chi connectivity index (χ4v) is 5.15. The first-order chi connectivity index (χ1) is 12.6. The van der Waals surface area contributed by atoms with Crippen LogP contribution in [0.2, 0.25) is 5.02 Å². The lowest BCUT2D eigenvalue weighted by Crippen LogP contribution is -2.48. The van der Waals surface area contributed by atoms with E-state index in [9.17, 15) is 21.6 Å². The van der Waals surface area contributed by atoms with Crippen molar-refractivity contribution in [2.24, 2.45) is 0 Å². The van der Waals surface area contributed by atoms with Crippen LogP contribution in [0.25, 0.3) is 0 Å². The maximum Gasteiger partial charge on any atom is 0.417 e. The second kappa shape index (κ2) is 7.67. The molecule has 1 aromatic carbocycles. The monoisotopic (exact) mass is 439 g/mol. The van der Waals surface area contributed by atoms with Crippen molar-refractivity contribution in [3.8, 4) is 0 Å². The first-order valence-corrected chi connectivity index (χ1v) is 10.8. The molecule has 0 spiro atoms. The Morgan fingerprint density at radius 3 is 2.44 bits per heavy atom. The number of piperazine rings is 1. The Kier molecular flexibility index (Phi) is 5.83. The molecule has 0 saturated carbocycles. The van der Waals surface area contributed by atoms with E-state index in [-0.39, 0.29) is 13.1 Å². The van der Waals surface area contributed by atoms with Crippen LogP contribution < -0.4 is 0 Å². The Morgan fingerprint density at radius 1 is 1.22 bits per heavy atom. The normalized spacial score (nSPS) is 17.4. The molecule has 1 aromatic heterocycles. The number of sulfonamides is 1. The molecule has 0 atom stereocenters. The predicted molar refractivity (Wildman–Crippen MR) is 97.3 cm³/mol. The van der Waals surface area contributed by atoms with E-state index >= 15 is 0 Å². The van der Waals surface area contributed by atoms with Gasteiger partial charge in [0.25, 0.3) is 0 Å². The van der Waals surface area contributed by atoms with Gasteiger partial charge in [-0.3, -0.25) is 4.90 Å². The molecule has 27 heavy (non-hydrogen) atoms. The second-order valence-corrected chi connectivity index (χ2v) is 9.58. The number of hydrogen-bond acceptors (Lipinski definition) is 5. The summed E-state index contributed by atoms with van der Waals surface area (Å²) >= 11 is 7.13. The molecule has 0 radical (unpaired) electrons. The van der Waals surface area contributed by atoms with Crippen LogP contribution in [0.1, 0.15) is 16.3 Å². The van der Waals surface area contributed by atoms with Crippen LogP contribution in [-0.2, 0) is 22.7 Å². The van der Waals surface area contributed by atoms with Crippen molar-refractivity contribution in [2.45, 2.75) is 24.5 Å². The van der Waals surface area contributed by atoms with E-state index in [1.165, 1.54) is 4.31 Å². The van der Waals surface area contributed by atoms with Crippen molar-refractivity contribution in [3.63, 3.8) is 0 Å². The van der Waals surface area contributed by atoms with Crippen molar-refractivity contribution in [1.29, 1.82) is 0 Å². The van der Waals surface area contributed by atoms with Crippen LogP contribution in [0.4, 0.5) is 13.2 Å². The molecule has 5 nitrogen and oxygen atoms in total. The predicted octanol–water partition coefficient (Wildman–Crippen LogP) is 3.63. The lowest BCUT2D eigenvalue weighted by Gasteiger charge is -2.33. The number of alkyl halides is 3. The van der Waals surface area contributed by atoms with E-state index < -0.39 is 31.7 Å². The number of hydrogen-bond donors (Lipinski definition) is 0. The first kappa shape index (κ1) is 20.5. The minimum absolute atomic E-state index is 0.204. The molecule has 0 aliphatic carbocycles. The fraction of sp³-hybridized carbons (Fsp3) is 0.438. The van der Waals surface area contributed by atoms with Gasteiger partial charge in [-0.05, 0) is 25.1 Å². The quantitative estimate of drug-likeness (QED) is 0.730. The highest BCUT2D eigenvalue weighted by Gasteiger charge is 2.36. The van der Waals surface area contributed by atoms with Gasteiger partial charge in [-0.25, -0.2) is 13.4 Å². The number of rotatable bonds is 4. The number of halogens is 4. The van der Waals surface area contributed by atoms with Crippen LogP contribution in [0.3, 0.4) is 0 Å². The third-order valence-corrected chi connectivity index (χ3v) is 7.31. The van der Waals surface area contributed by atoms with Gasteiger partial charge in [-0.15, -0.1) is 11.3 Å². The van der Waals surface area contributed by atoms with E-state index in [1.54, 1.807) is 11.3 Å². The summed E-state index contributed by atoms with van der Waals surface area (Å²) in [6, 6.07) is 2.68. The molecule has 148 valence electrons. The summed E-state index contributed by atoms with van der Waals surface area (Å²) in [4.78, 5) is 6.06. The Bertz CT molecular complexity index is 923. The zero-order chi connectivity index (χ0) is 19.8. The number of thiazole rings is 1. The van der Waals surface area contributed by atoms with Gasteiger partial charge >= 0.3 is 6.18 Å². The van der Waals surface area contributed by atoms with Crippen molar-refractivity contribution in [3.05, 3.63) is 44.9 Å². The van der Waals surface area contributed by atoms with Gasteiger partial charge in [0.15, 0.2) is 0 Å². The van der Waals surface area contributed by atoms with Crippen LogP contribution in [0.5, 0.6) is 0 Å². The summed E-state index contributed by atoms with van der Waals surface area (Å²) in [5.74, 6) is 0. The molecule has 0 N–H and O–H groups in total. The van der Waals surface area contributed by atoms with Gasteiger partial charge in [0, 0.05) is 38.1 Å². The average Bonchev–Trinajstić information content (AvgIpc) is 2.99. The summed E-state index contributed by atoms with van der Waals surface area (Å²) in [7, 11) is -4.02. The highest BCUT2D eigenvalue weighted by Crippen LogP contribution is 2.36. The molecule has 0 unspecified atom stereocenters. The Balaban J connectivity index is 1.72. The molecule has 1 aliphatic heterocycles. The van der Waals surface area contributed by atoms with E-state index in [2.05, 4.69) is 9.88 Å². The van der Waals surface area contributed by atoms with E-state index in [0.717, 1.165) is 22.8 Å². The first-order valence-electron chi connectivity index (χ1n) is 8.07. The van der Waals surface area contributed by atoms with Crippen LogP contribution in [0, 0.1) is 6.92 Å². The molecule has 2 aromatic rings. The van der Waals surface area contributed by atoms with Gasteiger partial charge in [0.1, 0.15) is 0 Å². The Labute approximate surface area is 164 Å². The molecular weight excluding hydrogens is 423 g/mol. The molecule has 1 fully saturated rings. The maximum atomic E-state index is 13.0. The topological polar surface area (TPSA) is 53.5 Å². The largest absolute Gasteiger partial charge is 0.417 e. The van der Waals surface area contributed by atoms with Crippen molar-refractivity contribution in [1.82, 2.24) is 14.2 Å². The smallest absolute Gasteiger partial charge is 0.295 e. The lowest BCUT2D eigenvalue weighted by atomic mass is 10.2. The van der Waals surface area contributed by atoms with Gasteiger partial charge < -0.3 is 0 Å². The molecule has 11 heteroatoms. The zero-order valence-electron chi connectivity index (χ0n) is 14.3. The van der Waals surface area contributed by atoms with Gasteiger partial charge in [0.2, 0.25) is 10.0 Å². The van der Waals surface area contributed by atoms with Gasteiger partial charge in [-0.2, -0.15) is 17.5 Å². The highest BCUT2D eigenvalue weighted by molar-refractivity contribution is 7.89. The summed E-state index contributed by atoms with van der Waals surface area (Å²) in [5, 5.41) is 2.41. The SMILES string of the molecule is Cc1nc(CN2CCN(S(=O)(=O)c3ccc(Cl)c(C(F)(F)F)c3)CC2)cs1. The van der Waals surface area contributed by atoms with E-state index in [0.29, 0.717) is 25.7 Å². The molecule has 2 heterocycles. The standard InChI is InChI=1S/C16H17ClF3N3O2S2/c1-11-21-12(10-26-11)9-22-4-6-23(7-5-22)27(24,25)13-2-3-15(17)14(8-13)16(18,19)20/h2-3,8,10H,4-7,9H2,1H3. The van der Waals surface area contributed by atoms with Crippen molar-refractivity contribution in [2.75, 3.05) is 26.2 Å². The molecule has 0 bridgehead atoms. The Hall–Kier alpha value is -1.20. The number of benzene rings is 1. The number of aromatic nitrogens is 1. The number of aryl methyl sites for hydroxylation is 1. The molecule has 1 aliphatic rings. The minimum atomic E-state index is -4.72. The second-order valence-electron chi connectivity index (χ2n) is 6.18. The third-order valence-electron chi connectivity index (χ3n) is 4.26. The van der Waals surface area contributed by atoms with Crippen LogP contribution in [0.15, 0.2) is 28.5 Å². The number of nitrogens with zero attached hydrogens (tertiary/aromatic N) is 3. The molecular formula is C16H17ClF3N3O2S2. The van der Waals surface area contributed by atoms with Gasteiger partial charge in [0.05, 0.1) is 26.2 Å². The highest BCUT2D eigenvalue weighted by atomic mass is 35.5. The average molecular weight is 440 g/mol. The summed E-state index contributed by atoms with van der Waals surface area (Å²) in [6.07, 6.45) is -4.72. The van der Waals surface area contributed by atoms with Crippen LogP contribution in [-0.4, -0.2) is 48.8 Å². The molecule has 0 amide bonds.